The minimum Gasteiger partial charge on any atom is 0 e. The molecule has 0 amide bonds. The molecule has 0 aliphatic heterocycles. The third-order valence-corrected chi connectivity index (χ3v) is 14.4. The van der Waals surface area contributed by atoms with E-state index in [0.29, 0.717) is 5.92 Å². The Balaban J connectivity index is 0.000000356. The molecule has 4 aromatic rings. The Labute approximate surface area is 294 Å². The number of aromatic nitrogens is 2. The molecule has 1 aromatic heterocycles. The maximum absolute atomic E-state index is 12.2. The molecule has 0 saturated heterocycles. The van der Waals surface area contributed by atoms with Gasteiger partial charge in [0.25, 0.3) is 0 Å². The van der Waals surface area contributed by atoms with Gasteiger partial charge in [0, 0.05) is 37.0 Å². The molecule has 251 valence electrons. The van der Waals surface area contributed by atoms with Crippen molar-refractivity contribution < 1.29 is 30.0 Å². The molecule has 0 atom stereocenters. The van der Waals surface area contributed by atoms with Crippen LogP contribution in [0.2, 0.25) is 17.3 Å². The zero-order valence-corrected chi connectivity index (χ0v) is 34.7. The van der Waals surface area contributed by atoms with Crippen molar-refractivity contribution in [2.24, 2.45) is 10.8 Å². The van der Waals surface area contributed by atoms with Crippen molar-refractivity contribution in [1.29, 1.82) is 0 Å². The van der Waals surface area contributed by atoms with Crippen LogP contribution in [0.5, 0.6) is 0 Å². The number of allylic oxidation sites excluding steroid dienone is 2. The van der Waals surface area contributed by atoms with Crippen LogP contribution in [-0.2, 0) is 24.9 Å². The number of rotatable bonds is 10. The Hall–Kier alpha value is -2.34. The minimum atomic E-state index is -1.89. The van der Waals surface area contributed by atoms with E-state index in [4.69, 9.17) is 0 Å². The number of aliphatic hydroxyl groups is 1. The summed E-state index contributed by atoms with van der Waals surface area (Å²) in [5, 5.41) is 13.8. The predicted molar refractivity (Wildman–Crippen MR) is 196 cm³/mol. The Morgan fingerprint density at radius 1 is 0.935 bits per heavy atom. The van der Waals surface area contributed by atoms with Crippen molar-refractivity contribution >= 4 is 45.1 Å². The summed E-state index contributed by atoms with van der Waals surface area (Å²) in [6.07, 6.45) is 6.44. The number of nitrogens with zero attached hydrogens (tertiary/aromatic N) is 2. The van der Waals surface area contributed by atoms with Crippen molar-refractivity contribution in [3.63, 3.8) is 0 Å². The average molecular weight is 861 g/mol. The van der Waals surface area contributed by atoms with Crippen LogP contribution in [0.3, 0.4) is 0 Å². The van der Waals surface area contributed by atoms with Gasteiger partial charge in [0.2, 0.25) is 0 Å². The van der Waals surface area contributed by atoms with E-state index in [1.165, 1.54) is 32.4 Å². The van der Waals surface area contributed by atoms with E-state index >= 15 is 0 Å². The molecule has 0 fully saturated rings. The number of aliphatic hydroxyl groups excluding tert-OH is 1. The summed E-state index contributed by atoms with van der Waals surface area (Å²) in [4.78, 5) is 21.5. The van der Waals surface area contributed by atoms with Crippen molar-refractivity contribution in [1.82, 2.24) is 9.97 Å². The van der Waals surface area contributed by atoms with Gasteiger partial charge in [0.05, 0.1) is 0 Å². The zero-order valence-electron chi connectivity index (χ0n) is 30.2. The molecule has 1 N–H and O–H groups in total. The van der Waals surface area contributed by atoms with Crippen LogP contribution in [0.25, 0.3) is 32.9 Å². The van der Waals surface area contributed by atoms with Gasteiger partial charge in [0.1, 0.15) is 5.76 Å². The number of hydrogen-bond donors (Lipinski definition) is 1. The fourth-order valence-electron chi connectivity index (χ4n) is 5.47. The number of fused-ring (bicyclic) bond motifs is 3. The average Bonchev–Trinajstić information content (AvgIpc) is 3.03. The van der Waals surface area contributed by atoms with Crippen LogP contribution in [0.4, 0.5) is 0 Å². The molecule has 1 heterocycles. The molecule has 4 rings (SSSR count). The van der Waals surface area contributed by atoms with E-state index in [1.807, 2.05) is 41.5 Å². The summed E-state index contributed by atoms with van der Waals surface area (Å²) in [5.41, 5.74) is 5.02. The van der Waals surface area contributed by atoms with Crippen LogP contribution in [0.1, 0.15) is 98.1 Å². The van der Waals surface area contributed by atoms with Gasteiger partial charge in [-0.1, -0.05) is 55.4 Å². The van der Waals surface area contributed by atoms with Gasteiger partial charge in [-0.15, -0.1) is 0 Å². The topological polar surface area (TPSA) is 63.1 Å². The molecule has 1 radical (unpaired) electrons. The third kappa shape index (κ3) is 8.76. The van der Waals surface area contributed by atoms with Crippen molar-refractivity contribution in [2.45, 2.75) is 111 Å². The summed E-state index contributed by atoms with van der Waals surface area (Å²) in [6.45, 7) is 18.7. The molecular formula is C40H55GeIrN2O2-. The molecule has 0 bridgehead atoms. The molecule has 6 heteroatoms. The number of carbonyl (C=O) groups excluding carboxylic acids is 1. The molecule has 0 spiro atoms. The first-order chi connectivity index (χ1) is 21.0. The van der Waals surface area contributed by atoms with Crippen LogP contribution in [-0.4, -0.2) is 34.1 Å². The first-order valence-corrected chi connectivity index (χ1v) is 24.1. The second-order valence-corrected chi connectivity index (χ2v) is 25.1. The van der Waals surface area contributed by atoms with E-state index in [9.17, 15) is 9.90 Å². The Kier molecular flexibility index (Phi) is 14.0. The second kappa shape index (κ2) is 16.2. The normalized spacial score (nSPS) is 12.6. The molecule has 0 unspecified atom stereocenters. The van der Waals surface area contributed by atoms with Gasteiger partial charge in [-0.2, -0.15) is 0 Å². The van der Waals surface area contributed by atoms with Crippen LogP contribution in [0.15, 0.2) is 60.6 Å². The first-order valence-electron chi connectivity index (χ1n) is 16.7. The van der Waals surface area contributed by atoms with E-state index in [-0.39, 0.29) is 42.5 Å². The van der Waals surface area contributed by atoms with E-state index in [0.717, 1.165) is 47.8 Å². The van der Waals surface area contributed by atoms with E-state index < -0.39 is 13.3 Å². The fraction of sp³-hybridized carbons (Fsp3) is 0.475. The number of benzene rings is 3. The largest absolute Gasteiger partial charge is 0 e. The zero-order chi connectivity index (χ0) is 33.7. The number of carbonyl (C=O) groups is 1. The molecule has 46 heavy (non-hydrogen) atoms. The number of aryl methyl sites for hydroxylation is 1. The van der Waals surface area contributed by atoms with Crippen LogP contribution < -0.4 is 4.40 Å². The first kappa shape index (κ1) is 39.8. The van der Waals surface area contributed by atoms with Crippen molar-refractivity contribution in [2.75, 3.05) is 0 Å². The van der Waals surface area contributed by atoms with Crippen molar-refractivity contribution in [3.8, 4) is 11.3 Å². The third-order valence-electron chi connectivity index (χ3n) is 10.1. The molecular weight excluding hydrogens is 805 g/mol. The fourth-order valence-corrected chi connectivity index (χ4v) is 8.07. The Morgan fingerprint density at radius 3 is 2.04 bits per heavy atom. The van der Waals surface area contributed by atoms with Gasteiger partial charge in [-0.3, -0.25) is 4.79 Å². The predicted octanol–water partition coefficient (Wildman–Crippen LogP) is 10.9. The van der Waals surface area contributed by atoms with Crippen LogP contribution >= 0.6 is 0 Å². The maximum atomic E-state index is 12.2. The molecule has 3 aromatic carbocycles. The molecule has 0 aliphatic rings. The summed E-state index contributed by atoms with van der Waals surface area (Å²) < 4.78 is 1.54. The smallest absolute Gasteiger partial charge is 0 e. The standard InChI is InChI=1S/C25H27GeN2.C15H28O2.Ir/c1-16(2)18-7-9-19(10-8-18)24-22-12-11-20-14-21(26(4,5)6)13-17(3)23(20)25(22)28-15-27-24;1-7-14(5,8-2)12(16)11-13(17)15(6,9-3)10-4;/h7-9,11-16H,1-6H3;11,16H,7-10H2,1-6H3;/q-1;;/b;12-11-;. The second-order valence-electron chi connectivity index (χ2n) is 14.4. The van der Waals surface area contributed by atoms with Crippen molar-refractivity contribution in [3.05, 3.63) is 77.8 Å². The van der Waals surface area contributed by atoms with Gasteiger partial charge in [-0.05, 0) is 25.7 Å². The minimum absolute atomic E-state index is 0. The van der Waals surface area contributed by atoms with Crippen LogP contribution in [0, 0.1) is 23.8 Å². The quantitative estimate of drug-likeness (QED) is 0.0567. The maximum Gasteiger partial charge on any atom is 0 e. The number of ketones is 1. The molecule has 0 aliphatic carbocycles. The van der Waals surface area contributed by atoms with Gasteiger partial charge < -0.3 is 5.11 Å². The summed E-state index contributed by atoms with van der Waals surface area (Å²) in [5.74, 6) is 8.12. The van der Waals surface area contributed by atoms with Gasteiger partial charge >= 0.3 is 157 Å². The molecule has 4 nitrogen and oxygen atoms in total. The summed E-state index contributed by atoms with van der Waals surface area (Å²) >= 11 is -1.89. The molecule has 0 saturated carbocycles. The Bertz CT molecular complexity index is 1660. The number of hydrogen-bond acceptors (Lipinski definition) is 4. The van der Waals surface area contributed by atoms with E-state index in [1.54, 1.807) is 6.33 Å². The summed E-state index contributed by atoms with van der Waals surface area (Å²) in [7, 11) is 0. The monoisotopic (exact) mass is 862 g/mol. The van der Waals surface area contributed by atoms with Gasteiger partial charge in [0.15, 0.2) is 5.78 Å². The SMILES string of the molecule is CCC(C)(CC)C(=O)/C=C(\O)C(C)(CC)CC.Cc1c[c]([Ge]([CH3])([CH3])[CH3])cc2ccc3c(-c4[c-]cc(C(C)C)cc4)ncnc3c12.[Ir]. The summed E-state index contributed by atoms with van der Waals surface area (Å²) in [6, 6.07) is 19.0. The van der Waals surface area contributed by atoms with E-state index in [2.05, 4.69) is 96.5 Å². The Morgan fingerprint density at radius 2 is 1.54 bits per heavy atom. The van der Waals surface area contributed by atoms with Gasteiger partial charge in [-0.25, -0.2) is 0 Å².